The molecule has 1 saturated heterocycles. The van der Waals surface area contributed by atoms with E-state index in [2.05, 4.69) is 11.9 Å². The number of rotatable bonds is 7. The van der Waals surface area contributed by atoms with E-state index in [1.54, 1.807) is 11.0 Å². The van der Waals surface area contributed by atoms with Crippen LogP contribution in [0.15, 0.2) is 58.4 Å². The van der Waals surface area contributed by atoms with Gasteiger partial charge >= 0.3 is 0 Å². The van der Waals surface area contributed by atoms with E-state index in [-0.39, 0.29) is 5.91 Å². The minimum atomic E-state index is -0.0457. The largest absolute Gasteiger partial charge is 0.494 e. The summed E-state index contributed by atoms with van der Waals surface area (Å²) in [5.74, 6) is 0.770. The summed E-state index contributed by atoms with van der Waals surface area (Å²) in [7, 11) is 0. The fourth-order valence-electron chi connectivity index (χ4n) is 2.70. The van der Waals surface area contributed by atoms with Gasteiger partial charge in [-0.3, -0.25) is 9.69 Å². The second-order valence-electron chi connectivity index (χ2n) is 6.28. The van der Waals surface area contributed by atoms with Gasteiger partial charge in [0.05, 0.1) is 22.2 Å². The summed E-state index contributed by atoms with van der Waals surface area (Å²) >= 11 is 7.58. The molecule has 1 heterocycles. The van der Waals surface area contributed by atoms with Crippen molar-refractivity contribution >= 4 is 46.2 Å². The fraction of sp³-hybridized carbons (Fsp3) is 0.273. The monoisotopic (exact) mass is 414 g/mol. The third-order valence-corrected chi connectivity index (χ3v) is 5.52. The van der Waals surface area contributed by atoms with Crippen molar-refractivity contribution in [1.82, 2.24) is 4.90 Å². The molecule has 2 aromatic carbocycles. The summed E-state index contributed by atoms with van der Waals surface area (Å²) < 4.78 is 5.76. The van der Waals surface area contributed by atoms with Crippen LogP contribution in [0.2, 0.25) is 5.02 Å². The number of amidine groups is 1. The number of hydrogen-bond donors (Lipinski definition) is 0. The Kier molecular flexibility index (Phi) is 7.18. The number of hydrogen-bond acceptors (Lipinski definition) is 4. The summed E-state index contributed by atoms with van der Waals surface area (Å²) in [6.07, 6.45) is 4.00. The van der Waals surface area contributed by atoms with Gasteiger partial charge in [0.25, 0.3) is 5.91 Å². The van der Waals surface area contributed by atoms with Gasteiger partial charge in [0.15, 0.2) is 5.17 Å². The number of ether oxygens (including phenoxy) is 1. The number of likely N-dealkylation sites (N-methyl/N-ethyl adjacent to an activating group) is 1. The number of thioether (sulfide) groups is 1. The highest BCUT2D eigenvalue weighted by Gasteiger charge is 2.32. The summed E-state index contributed by atoms with van der Waals surface area (Å²) in [6.45, 7) is 5.31. The summed E-state index contributed by atoms with van der Waals surface area (Å²) in [6, 6.07) is 15.2. The topological polar surface area (TPSA) is 41.9 Å². The van der Waals surface area contributed by atoms with Gasteiger partial charge in [0.2, 0.25) is 0 Å². The molecule has 0 aromatic heterocycles. The van der Waals surface area contributed by atoms with Gasteiger partial charge in [-0.15, -0.1) is 0 Å². The molecule has 0 saturated carbocycles. The van der Waals surface area contributed by atoms with Crippen LogP contribution in [0.25, 0.3) is 6.08 Å². The van der Waals surface area contributed by atoms with Gasteiger partial charge in [0.1, 0.15) is 5.75 Å². The van der Waals surface area contributed by atoms with Gasteiger partial charge in [-0.05, 0) is 61.0 Å². The highest BCUT2D eigenvalue weighted by atomic mass is 35.5. The molecular weight excluding hydrogens is 392 g/mol. The first kappa shape index (κ1) is 20.5. The van der Waals surface area contributed by atoms with Crippen molar-refractivity contribution in [2.75, 3.05) is 13.2 Å². The molecule has 4 nitrogen and oxygen atoms in total. The Bertz CT molecular complexity index is 911. The quantitative estimate of drug-likeness (QED) is 0.403. The molecule has 1 aliphatic rings. The molecule has 1 amide bonds. The SMILES string of the molecule is CCCCOc1cccc(/C=C2/SC(=Nc3ccccc3Cl)N(CC)C2=O)c1. The molecule has 0 aliphatic carbocycles. The van der Waals surface area contributed by atoms with Crippen molar-refractivity contribution in [3.8, 4) is 5.75 Å². The van der Waals surface area contributed by atoms with Crippen molar-refractivity contribution < 1.29 is 9.53 Å². The molecule has 6 heteroatoms. The van der Waals surface area contributed by atoms with E-state index in [9.17, 15) is 4.79 Å². The third kappa shape index (κ3) is 4.97. The van der Waals surface area contributed by atoms with Gasteiger partial charge < -0.3 is 4.74 Å². The number of para-hydroxylation sites is 1. The maximum atomic E-state index is 12.8. The number of carbonyl (C=O) groups is 1. The zero-order chi connectivity index (χ0) is 19.9. The van der Waals surface area contributed by atoms with Crippen LogP contribution < -0.4 is 4.74 Å². The van der Waals surface area contributed by atoms with E-state index in [0.29, 0.717) is 33.9 Å². The standard InChI is InChI=1S/C22H23ClN2O2S/c1-3-5-13-27-17-10-8-9-16(14-17)15-20-21(26)25(4-2)22(28-20)24-19-12-7-6-11-18(19)23/h6-12,14-15H,3-5,13H2,1-2H3/b20-15+,24-22?. The van der Waals surface area contributed by atoms with Crippen molar-refractivity contribution in [3.05, 3.63) is 64.0 Å². The molecule has 0 spiro atoms. The lowest BCUT2D eigenvalue weighted by Crippen LogP contribution is -2.28. The van der Waals surface area contributed by atoms with Gasteiger partial charge in [-0.25, -0.2) is 4.99 Å². The van der Waals surface area contributed by atoms with Gasteiger partial charge in [0, 0.05) is 6.54 Å². The highest BCUT2D eigenvalue weighted by Crippen LogP contribution is 2.35. The normalized spacial score (nSPS) is 17.0. The lowest BCUT2D eigenvalue weighted by molar-refractivity contribution is -0.122. The van der Waals surface area contributed by atoms with Crippen LogP contribution in [0.3, 0.4) is 0 Å². The van der Waals surface area contributed by atoms with E-state index in [4.69, 9.17) is 16.3 Å². The number of unbranched alkanes of at least 4 members (excludes halogenated alkanes) is 1. The van der Waals surface area contributed by atoms with E-state index in [1.165, 1.54) is 11.8 Å². The number of aliphatic imine (C=N–C) groups is 1. The van der Waals surface area contributed by atoms with E-state index >= 15 is 0 Å². The molecular formula is C22H23ClN2O2S. The Labute approximate surface area is 175 Å². The molecule has 2 aromatic rings. The van der Waals surface area contributed by atoms with Crippen LogP contribution in [0.5, 0.6) is 5.75 Å². The first-order valence-corrected chi connectivity index (χ1v) is 10.6. The Morgan fingerprint density at radius 1 is 1.18 bits per heavy atom. The van der Waals surface area contributed by atoms with E-state index < -0.39 is 0 Å². The van der Waals surface area contributed by atoms with Crippen LogP contribution >= 0.6 is 23.4 Å². The lowest BCUT2D eigenvalue weighted by Gasteiger charge is -2.12. The summed E-state index contributed by atoms with van der Waals surface area (Å²) in [4.78, 5) is 19.7. The van der Waals surface area contributed by atoms with E-state index in [1.807, 2.05) is 55.5 Å². The van der Waals surface area contributed by atoms with Crippen molar-refractivity contribution in [3.63, 3.8) is 0 Å². The maximum absolute atomic E-state index is 12.8. The Morgan fingerprint density at radius 3 is 2.75 bits per heavy atom. The zero-order valence-corrected chi connectivity index (χ0v) is 17.6. The Balaban J connectivity index is 1.84. The number of amides is 1. The van der Waals surface area contributed by atoms with Gasteiger partial charge in [-0.1, -0.05) is 49.2 Å². The lowest BCUT2D eigenvalue weighted by atomic mass is 10.2. The smallest absolute Gasteiger partial charge is 0.266 e. The second-order valence-corrected chi connectivity index (χ2v) is 7.70. The Hall–Kier alpha value is -2.24. The first-order valence-electron chi connectivity index (χ1n) is 9.40. The summed E-state index contributed by atoms with van der Waals surface area (Å²) in [5, 5.41) is 1.20. The highest BCUT2D eigenvalue weighted by molar-refractivity contribution is 8.18. The molecule has 1 fully saturated rings. The second kappa shape index (κ2) is 9.80. The van der Waals surface area contributed by atoms with Crippen LogP contribution in [-0.4, -0.2) is 29.1 Å². The third-order valence-electron chi connectivity index (χ3n) is 4.20. The van der Waals surface area contributed by atoms with Crippen molar-refractivity contribution in [2.24, 2.45) is 4.99 Å². The molecule has 3 rings (SSSR count). The molecule has 0 N–H and O–H groups in total. The Morgan fingerprint density at radius 2 is 2.00 bits per heavy atom. The molecule has 0 radical (unpaired) electrons. The summed E-state index contributed by atoms with van der Waals surface area (Å²) in [5.41, 5.74) is 1.59. The zero-order valence-electron chi connectivity index (χ0n) is 16.0. The molecule has 146 valence electrons. The van der Waals surface area contributed by atoms with Crippen LogP contribution in [0.1, 0.15) is 32.3 Å². The number of carbonyl (C=O) groups excluding carboxylic acids is 1. The molecule has 0 atom stereocenters. The number of nitrogens with zero attached hydrogens (tertiary/aromatic N) is 2. The maximum Gasteiger partial charge on any atom is 0.266 e. The average molecular weight is 415 g/mol. The molecule has 1 aliphatic heterocycles. The first-order chi connectivity index (χ1) is 13.6. The van der Waals surface area contributed by atoms with Crippen LogP contribution in [0.4, 0.5) is 5.69 Å². The molecule has 0 bridgehead atoms. The van der Waals surface area contributed by atoms with Crippen LogP contribution in [-0.2, 0) is 4.79 Å². The fourth-order valence-corrected chi connectivity index (χ4v) is 3.93. The van der Waals surface area contributed by atoms with Gasteiger partial charge in [-0.2, -0.15) is 0 Å². The minimum absolute atomic E-state index is 0.0457. The number of benzene rings is 2. The number of halogens is 1. The van der Waals surface area contributed by atoms with Crippen molar-refractivity contribution in [1.29, 1.82) is 0 Å². The predicted molar refractivity (Wildman–Crippen MR) is 118 cm³/mol. The minimum Gasteiger partial charge on any atom is -0.494 e. The molecule has 28 heavy (non-hydrogen) atoms. The van der Waals surface area contributed by atoms with E-state index in [0.717, 1.165) is 24.2 Å². The van der Waals surface area contributed by atoms with Crippen molar-refractivity contribution in [2.45, 2.75) is 26.7 Å². The van der Waals surface area contributed by atoms with Crippen LogP contribution in [0, 0.1) is 0 Å². The average Bonchev–Trinajstić information content (AvgIpc) is 2.98. The molecule has 0 unspecified atom stereocenters. The predicted octanol–water partition coefficient (Wildman–Crippen LogP) is 6.14.